The summed E-state index contributed by atoms with van der Waals surface area (Å²) in [7, 11) is -4.14. The van der Waals surface area contributed by atoms with Gasteiger partial charge in [0.25, 0.3) is 0 Å². The Morgan fingerprint density at radius 3 is 2.53 bits per heavy atom. The van der Waals surface area contributed by atoms with Crippen LogP contribution in [0, 0.1) is 6.92 Å². The molecule has 1 N–H and O–H groups in total. The van der Waals surface area contributed by atoms with Crippen molar-refractivity contribution in [3.05, 3.63) is 40.8 Å². The summed E-state index contributed by atoms with van der Waals surface area (Å²) in [4.78, 5) is 0. The van der Waals surface area contributed by atoms with E-state index in [0.29, 0.717) is 0 Å². The molecule has 92 valence electrons. The molecule has 17 heavy (non-hydrogen) atoms. The van der Waals surface area contributed by atoms with E-state index in [1.54, 1.807) is 5.37 Å². The first kappa shape index (κ1) is 12.8. The average Bonchev–Trinajstić information content (AvgIpc) is 2.64. The summed E-state index contributed by atoms with van der Waals surface area (Å²) in [5, 5.41) is 3.50. The van der Waals surface area contributed by atoms with Gasteiger partial charge in [0.1, 0.15) is 0 Å². The summed E-state index contributed by atoms with van der Waals surface area (Å²) < 4.78 is 34.2. The van der Waals surface area contributed by atoms with Crippen LogP contribution in [0.15, 0.2) is 29.7 Å². The van der Waals surface area contributed by atoms with Crippen LogP contribution in [0.4, 0.5) is 0 Å². The van der Waals surface area contributed by atoms with Crippen molar-refractivity contribution in [2.45, 2.75) is 6.92 Å². The van der Waals surface area contributed by atoms with E-state index in [4.69, 9.17) is 4.55 Å². The minimum atomic E-state index is -4.39. The Hall–Kier alpha value is -0.600. The van der Waals surface area contributed by atoms with Gasteiger partial charge in [-0.1, -0.05) is 29.8 Å². The van der Waals surface area contributed by atoms with Gasteiger partial charge in [0.15, 0.2) is 0 Å². The number of hydrogen-bond acceptors (Lipinski definition) is 4. The van der Waals surface area contributed by atoms with Gasteiger partial charge < -0.3 is 0 Å². The topological polar surface area (TPSA) is 63.6 Å². The van der Waals surface area contributed by atoms with Crippen molar-refractivity contribution >= 4 is 41.9 Å². The fourth-order valence-corrected chi connectivity index (χ4v) is 5.17. The van der Waals surface area contributed by atoms with E-state index in [2.05, 4.69) is 3.63 Å². The average molecular weight is 290 g/mol. The van der Waals surface area contributed by atoms with Crippen molar-refractivity contribution < 1.29 is 16.6 Å². The summed E-state index contributed by atoms with van der Waals surface area (Å²) in [5.41, 5.74) is 3.06. The minimum absolute atomic E-state index is 0.905. The Morgan fingerprint density at radius 2 is 1.94 bits per heavy atom. The summed E-state index contributed by atoms with van der Waals surface area (Å²) in [6.07, 6.45) is 0. The zero-order valence-corrected chi connectivity index (χ0v) is 11.3. The van der Waals surface area contributed by atoms with Crippen molar-refractivity contribution in [3.63, 3.8) is 0 Å². The van der Waals surface area contributed by atoms with Crippen LogP contribution in [0.3, 0.4) is 0 Å². The summed E-state index contributed by atoms with van der Waals surface area (Å²) in [6.45, 7) is 2.00. The summed E-state index contributed by atoms with van der Waals surface area (Å²) in [6, 6.07) is 7.88. The Morgan fingerprint density at radius 1 is 1.29 bits per heavy atom. The molecule has 1 aliphatic heterocycles. The zero-order valence-electron chi connectivity index (χ0n) is 8.86. The van der Waals surface area contributed by atoms with Gasteiger partial charge in [-0.3, -0.25) is 4.55 Å². The van der Waals surface area contributed by atoms with Gasteiger partial charge in [-0.05, 0) is 34.3 Å². The smallest absolute Gasteiger partial charge is 0.263 e. The maximum absolute atomic E-state index is 10.6. The molecule has 2 rings (SSSR count). The molecule has 1 unspecified atom stereocenters. The predicted octanol–water partition coefficient (Wildman–Crippen LogP) is 2.80. The van der Waals surface area contributed by atoms with E-state index in [1.807, 2.05) is 36.6 Å². The first-order valence-corrected chi connectivity index (χ1v) is 8.61. The molecule has 0 saturated heterocycles. The van der Waals surface area contributed by atoms with Gasteiger partial charge >= 0.3 is 10.4 Å². The molecule has 0 fully saturated rings. The first-order chi connectivity index (χ1) is 7.94. The van der Waals surface area contributed by atoms with Gasteiger partial charge in [-0.25, -0.2) is 0 Å². The molecule has 1 aromatic carbocycles. The lowest BCUT2D eigenvalue weighted by molar-refractivity contribution is 0.409. The first-order valence-electron chi connectivity index (χ1n) is 4.64. The van der Waals surface area contributed by atoms with Crippen LogP contribution in [-0.4, -0.2) is 18.3 Å². The fourth-order valence-electron chi connectivity index (χ4n) is 1.26. The summed E-state index contributed by atoms with van der Waals surface area (Å²) >= 11 is 0. The van der Waals surface area contributed by atoms with Crippen LogP contribution >= 0.6 is 20.6 Å². The number of rotatable bonds is 3. The van der Waals surface area contributed by atoms with Crippen molar-refractivity contribution in [1.82, 2.24) is 0 Å². The van der Waals surface area contributed by atoms with E-state index in [1.165, 1.54) is 10.8 Å². The highest BCUT2D eigenvalue weighted by Crippen LogP contribution is 2.42. The van der Waals surface area contributed by atoms with Crippen LogP contribution in [0.1, 0.15) is 11.1 Å². The predicted molar refractivity (Wildman–Crippen MR) is 73.0 cm³/mol. The third-order valence-corrected chi connectivity index (χ3v) is 5.89. The van der Waals surface area contributed by atoms with Crippen LogP contribution in [0.2, 0.25) is 0 Å². The fraction of sp³-hybridized carbons (Fsp3) is 0.100. The van der Waals surface area contributed by atoms with E-state index in [0.717, 1.165) is 16.7 Å². The molecule has 0 radical (unpaired) electrons. The molecule has 1 heterocycles. The highest BCUT2D eigenvalue weighted by Gasteiger charge is 2.14. The molecular formula is C10H10O4S3. The van der Waals surface area contributed by atoms with Crippen LogP contribution in [0.25, 0.3) is 5.57 Å². The molecule has 7 heteroatoms. The van der Waals surface area contributed by atoms with Crippen LogP contribution < -0.4 is 0 Å². The van der Waals surface area contributed by atoms with Gasteiger partial charge in [0.2, 0.25) is 0 Å². The third-order valence-electron chi connectivity index (χ3n) is 2.03. The third kappa shape index (κ3) is 3.68. The Labute approximate surface area is 106 Å². The monoisotopic (exact) mass is 290 g/mol. The van der Waals surface area contributed by atoms with E-state index in [-0.39, 0.29) is 0 Å². The number of aryl methyl sites for hydroxylation is 1. The summed E-state index contributed by atoms with van der Waals surface area (Å²) in [5.74, 6) is 0. The Balaban J connectivity index is 2.18. The maximum Gasteiger partial charge on any atom is 0.408 e. The van der Waals surface area contributed by atoms with Gasteiger partial charge in [-0.2, -0.15) is 12.0 Å². The molecule has 0 amide bonds. The van der Waals surface area contributed by atoms with Crippen LogP contribution in [0.5, 0.6) is 0 Å². The quantitative estimate of drug-likeness (QED) is 0.527. The largest absolute Gasteiger partial charge is 0.408 e. The van der Waals surface area contributed by atoms with E-state index in [9.17, 15) is 8.42 Å². The maximum atomic E-state index is 10.6. The lowest BCUT2D eigenvalue weighted by Gasteiger charge is -2.00. The number of benzene rings is 1. The molecule has 0 saturated carbocycles. The molecule has 0 aromatic heterocycles. The zero-order chi connectivity index (χ0) is 12.5. The van der Waals surface area contributed by atoms with Crippen LogP contribution in [-0.2, 0) is 14.0 Å². The number of allylic oxidation sites excluding steroid dienone is 1. The normalized spacial score (nSPS) is 19.9. The molecule has 0 bridgehead atoms. The Bertz CT molecular complexity index is 584. The molecule has 1 aromatic rings. The second-order valence-corrected chi connectivity index (χ2v) is 7.56. The lowest BCUT2D eigenvalue weighted by Crippen LogP contribution is -1.97. The molecule has 4 nitrogen and oxygen atoms in total. The standard InChI is InChI=1S/C10H10O4S3/c1-8-2-4-9(5-3-8)10-6-15-16(7-10)14-17(11,12)13/h2-7H,1H3,(H,11,12,13). The van der Waals surface area contributed by atoms with Crippen molar-refractivity contribution in [1.29, 1.82) is 0 Å². The van der Waals surface area contributed by atoms with E-state index >= 15 is 0 Å². The molecule has 0 spiro atoms. The lowest BCUT2D eigenvalue weighted by atomic mass is 10.1. The minimum Gasteiger partial charge on any atom is -0.263 e. The SMILES string of the molecule is Cc1ccc(C2=CSS(OS(=O)(=O)O)=C2)cc1. The highest BCUT2D eigenvalue weighted by atomic mass is 33.1. The van der Waals surface area contributed by atoms with E-state index < -0.39 is 20.2 Å². The van der Waals surface area contributed by atoms with Crippen molar-refractivity contribution in [2.24, 2.45) is 0 Å². The molecule has 0 aliphatic carbocycles. The molecule has 1 aliphatic rings. The van der Waals surface area contributed by atoms with Gasteiger partial charge in [0, 0.05) is 15.2 Å². The van der Waals surface area contributed by atoms with Gasteiger partial charge in [0.05, 0.1) is 0 Å². The second-order valence-electron chi connectivity index (χ2n) is 3.41. The molecular weight excluding hydrogens is 280 g/mol. The highest BCUT2D eigenvalue weighted by molar-refractivity contribution is 8.84. The second kappa shape index (κ2) is 4.95. The van der Waals surface area contributed by atoms with Gasteiger partial charge in [-0.15, -0.1) is 0 Å². The van der Waals surface area contributed by atoms with Crippen molar-refractivity contribution in [2.75, 3.05) is 0 Å². The molecule has 1 atom stereocenters. The van der Waals surface area contributed by atoms with Crippen molar-refractivity contribution in [3.8, 4) is 0 Å². The Kier molecular flexibility index (Phi) is 3.74. The number of hydrogen-bond donors (Lipinski definition) is 1.